The Labute approximate surface area is 116 Å². The van der Waals surface area contributed by atoms with Gasteiger partial charge in [0.1, 0.15) is 12.0 Å². The molecule has 3 N–H and O–H groups in total. The van der Waals surface area contributed by atoms with Gasteiger partial charge in [-0.3, -0.25) is 4.79 Å². The van der Waals surface area contributed by atoms with Crippen molar-refractivity contribution in [2.45, 2.75) is 19.0 Å². The number of nitrogens with zero attached hydrogens (tertiary/aromatic N) is 1. The molecule has 1 atom stereocenters. The van der Waals surface area contributed by atoms with Crippen LogP contribution in [0.15, 0.2) is 45.8 Å². The molecule has 3 rings (SSSR count). The lowest BCUT2D eigenvalue weighted by Crippen LogP contribution is -2.42. The number of anilines is 1. The van der Waals surface area contributed by atoms with E-state index in [0.717, 1.165) is 18.4 Å². The van der Waals surface area contributed by atoms with Crippen molar-refractivity contribution in [3.05, 3.63) is 58.1 Å². The Morgan fingerprint density at radius 2 is 2.20 bits per heavy atom. The van der Waals surface area contributed by atoms with E-state index in [1.165, 1.54) is 11.6 Å². The molecule has 0 saturated heterocycles. The van der Waals surface area contributed by atoms with Crippen LogP contribution < -0.4 is 16.1 Å². The molecule has 1 aromatic heterocycles. The average Bonchev–Trinajstić information content (AvgIpc) is 2.43. The molecule has 1 unspecified atom stereocenters. The molecule has 0 radical (unpaired) electrons. The van der Waals surface area contributed by atoms with Crippen LogP contribution in [0.1, 0.15) is 11.3 Å². The first kappa shape index (κ1) is 12.7. The van der Waals surface area contributed by atoms with Crippen molar-refractivity contribution in [2.75, 3.05) is 11.4 Å². The highest BCUT2D eigenvalue weighted by atomic mass is 16.4. The monoisotopic (exact) mass is 272 g/mol. The highest BCUT2D eigenvalue weighted by Crippen LogP contribution is 2.27. The second kappa shape index (κ2) is 5.02. The zero-order valence-corrected chi connectivity index (χ0v) is 11.0. The first-order valence-corrected chi connectivity index (χ1v) is 6.52. The molecule has 5 nitrogen and oxygen atoms in total. The highest BCUT2D eigenvalue weighted by Gasteiger charge is 2.22. The summed E-state index contributed by atoms with van der Waals surface area (Å²) in [5, 5.41) is 9.21. The van der Waals surface area contributed by atoms with Crippen LogP contribution in [0, 0.1) is 0 Å². The number of nitrogens with two attached hydrogens (primary N) is 1. The number of fused-ring (bicyclic) bond motifs is 1. The van der Waals surface area contributed by atoms with E-state index in [1.54, 1.807) is 0 Å². The average molecular weight is 272 g/mol. The summed E-state index contributed by atoms with van der Waals surface area (Å²) < 4.78 is 5.26. The molecule has 0 bridgehead atoms. The Hall–Kier alpha value is -2.27. The maximum Gasteiger partial charge on any atom is 0.226 e. The van der Waals surface area contributed by atoms with Gasteiger partial charge >= 0.3 is 0 Å². The fourth-order valence-corrected chi connectivity index (χ4v) is 2.58. The predicted molar refractivity (Wildman–Crippen MR) is 75.8 cm³/mol. The molecular formula is C15H16N2O3. The molecule has 20 heavy (non-hydrogen) atoms. The lowest BCUT2D eigenvalue weighted by Gasteiger charge is -2.34. The lowest BCUT2D eigenvalue weighted by molar-refractivity contribution is 0.409. The smallest absolute Gasteiger partial charge is 0.226 e. The van der Waals surface area contributed by atoms with Crippen molar-refractivity contribution in [3.8, 4) is 5.75 Å². The van der Waals surface area contributed by atoms with Gasteiger partial charge in [0.25, 0.3) is 0 Å². The van der Waals surface area contributed by atoms with Gasteiger partial charge in [-0.05, 0) is 18.1 Å². The summed E-state index contributed by atoms with van der Waals surface area (Å²) in [6.45, 7) is 1.17. The number of hydrogen-bond acceptors (Lipinski definition) is 5. The Morgan fingerprint density at radius 1 is 1.40 bits per heavy atom. The number of benzene rings is 1. The number of aromatic hydroxyl groups is 1. The molecule has 0 amide bonds. The van der Waals surface area contributed by atoms with Crippen LogP contribution in [0.5, 0.6) is 5.75 Å². The summed E-state index contributed by atoms with van der Waals surface area (Å²) in [7, 11) is 0. The minimum atomic E-state index is -0.430. The molecule has 104 valence electrons. The molecule has 0 fully saturated rings. The van der Waals surface area contributed by atoms with E-state index in [1.807, 2.05) is 18.2 Å². The van der Waals surface area contributed by atoms with E-state index >= 15 is 0 Å². The summed E-state index contributed by atoms with van der Waals surface area (Å²) in [5.41, 5.74) is 7.96. The number of hydrogen-bond donors (Lipinski definition) is 2. The third-order valence-corrected chi connectivity index (χ3v) is 3.48. The maximum absolute atomic E-state index is 11.4. The Balaban J connectivity index is 1.90. The first-order valence-electron chi connectivity index (χ1n) is 6.52. The molecule has 1 aliphatic heterocycles. The third kappa shape index (κ3) is 2.40. The van der Waals surface area contributed by atoms with Crippen molar-refractivity contribution in [1.29, 1.82) is 0 Å². The molecule has 5 heteroatoms. The van der Waals surface area contributed by atoms with Gasteiger partial charge < -0.3 is 20.2 Å². The van der Waals surface area contributed by atoms with E-state index in [0.29, 0.717) is 18.8 Å². The summed E-state index contributed by atoms with van der Waals surface area (Å²) in [6, 6.07) is 9.46. The fraction of sp³-hybridized carbons (Fsp3) is 0.267. The molecule has 1 aliphatic rings. The van der Waals surface area contributed by atoms with Crippen LogP contribution in [0.25, 0.3) is 0 Å². The van der Waals surface area contributed by atoms with Gasteiger partial charge in [0.15, 0.2) is 5.75 Å². The van der Waals surface area contributed by atoms with Crippen LogP contribution in [0.3, 0.4) is 0 Å². The third-order valence-electron chi connectivity index (χ3n) is 3.48. The number of para-hydroxylation sites is 1. The largest absolute Gasteiger partial charge is 0.502 e. The molecule has 0 spiro atoms. The molecule has 0 aliphatic carbocycles. The van der Waals surface area contributed by atoms with E-state index in [-0.39, 0.29) is 11.8 Å². The molecule has 2 aromatic rings. The molecule has 2 heterocycles. The fourth-order valence-electron chi connectivity index (χ4n) is 2.58. The van der Waals surface area contributed by atoms with Crippen LogP contribution in [0.4, 0.5) is 5.69 Å². The SMILES string of the molecule is NC1Cc2ccccc2N(Cc2cc(=O)c(O)co2)C1. The van der Waals surface area contributed by atoms with Crippen molar-refractivity contribution >= 4 is 5.69 Å². The Morgan fingerprint density at radius 3 is 3.00 bits per heavy atom. The van der Waals surface area contributed by atoms with Crippen LogP contribution in [-0.2, 0) is 13.0 Å². The summed E-state index contributed by atoms with van der Waals surface area (Å²) in [4.78, 5) is 13.5. The van der Waals surface area contributed by atoms with Crippen molar-refractivity contribution in [3.63, 3.8) is 0 Å². The van der Waals surface area contributed by atoms with Crippen LogP contribution in [0.2, 0.25) is 0 Å². The van der Waals surface area contributed by atoms with Gasteiger partial charge in [-0.15, -0.1) is 0 Å². The predicted octanol–water partition coefficient (Wildman–Crippen LogP) is 1.24. The van der Waals surface area contributed by atoms with Crippen molar-refractivity contribution in [2.24, 2.45) is 5.73 Å². The van der Waals surface area contributed by atoms with E-state index in [4.69, 9.17) is 10.2 Å². The standard InChI is InChI=1S/C15H16N2O3/c16-11-5-10-3-1-2-4-13(10)17(7-11)8-12-6-14(18)15(19)9-20-12/h1-4,6,9,11,19H,5,7-8,16H2. The first-order chi connectivity index (χ1) is 9.63. The topological polar surface area (TPSA) is 79.7 Å². The van der Waals surface area contributed by atoms with Crippen molar-refractivity contribution in [1.82, 2.24) is 0 Å². The number of rotatable bonds is 2. The normalized spacial score (nSPS) is 17.9. The quantitative estimate of drug-likeness (QED) is 0.859. The zero-order chi connectivity index (χ0) is 14.1. The summed E-state index contributed by atoms with van der Waals surface area (Å²) in [6.07, 6.45) is 1.93. The van der Waals surface area contributed by atoms with Gasteiger partial charge in [-0.2, -0.15) is 0 Å². The van der Waals surface area contributed by atoms with E-state index in [2.05, 4.69) is 11.0 Å². The van der Waals surface area contributed by atoms with Gasteiger partial charge in [-0.25, -0.2) is 0 Å². The van der Waals surface area contributed by atoms with E-state index in [9.17, 15) is 9.90 Å². The zero-order valence-electron chi connectivity index (χ0n) is 11.0. The van der Waals surface area contributed by atoms with E-state index < -0.39 is 5.43 Å². The second-order valence-electron chi connectivity index (χ2n) is 5.07. The minimum Gasteiger partial charge on any atom is -0.502 e. The van der Waals surface area contributed by atoms with Gasteiger partial charge in [-0.1, -0.05) is 18.2 Å². The highest BCUT2D eigenvalue weighted by molar-refractivity contribution is 5.56. The maximum atomic E-state index is 11.4. The van der Waals surface area contributed by atoms with Gasteiger partial charge in [0.05, 0.1) is 6.54 Å². The second-order valence-corrected chi connectivity index (χ2v) is 5.07. The van der Waals surface area contributed by atoms with Crippen LogP contribution in [-0.4, -0.2) is 17.7 Å². The Bertz CT molecular complexity index is 681. The Kier molecular flexibility index (Phi) is 3.20. The molecule has 1 aromatic carbocycles. The summed E-state index contributed by atoms with van der Waals surface area (Å²) in [5.74, 6) is 0.140. The van der Waals surface area contributed by atoms with Crippen molar-refractivity contribution < 1.29 is 9.52 Å². The minimum absolute atomic E-state index is 0.0636. The summed E-state index contributed by atoms with van der Waals surface area (Å²) >= 11 is 0. The van der Waals surface area contributed by atoms with Gasteiger partial charge in [0.2, 0.25) is 5.43 Å². The molecular weight excluding hydrogens is 256 g/mol. The molecule has 0 saturated carbocycles. The van der Waals surface area contributed by atoms with Crippen LogP contribution >= 0.6 is 0 Å². The van der Waals surface area contributed by atoms with Gasteiger partial charge in [0, 0.05) is 24.3 Å². The lowest BCUT2D eigenvalue weighted by atomic mass is 9.98.